The van der Waals surface area contributed by atoms with Crippen LogP contribution in [0.3, 0.4) is 0 Å². The van der Waals surface area contributed by atoms with Crippen molar-refractivity contribution in [2.75, 3.05) is 14.1 Å². The van der Waals surface area contributed by atoms with Crippen LogP contribution in [0.2, 0.25) is 13.1 Å². The zero-order valence-corrected chi connectivity index (χ0v) is 23.1. The Morgan fingerprint density at radius 2 is 0.973 bits per heavy atom. The third-order valence-electron chi connectivity index (χ3n) is 7.78. The Hall–Kier alpha value is -3.66. The predicted octanol–water partition coefficient (Wildman–Crippen LogP) is 4.40. The molecule has 3 aliphatic rings. The zero-order valence-electron chi connectivity index (χ0n) is 20.5. The summed E-state index contributed by atoms with van der Waals surface area (Å²) in [6, 6.07) is 15.4. The monoisotopic (exact) mass is 540 g/mol. The van der Waals surface area contributed by atoms with Crippen molar-refractivity contribution in [2.24, 2.45) is 0 Å². The van der Waals surface area contributed by atoms with Crippen molar-refractivity contribution < 1.29 is 19.2 Å². The molecule has 0 saturated carbocycles. The quantitative estimate of drug-likeness (QED) is 0.279. The Kier molecular flexibility index (Phi) is 4.39. The van der Waals surface area contributed by atoms with Crippen LogP contribution < -0.4 is 10.4 Å². The molecular weight excluding hydrogens is 521 g/mol. The van der Waals surface area contributed by atoms with Crippen LogP contribution in [0.15, 0.2) is 48.5 Å². The first-order valence-corrected chi connectivity index (χ1v) is 16.4. The maximum atomic E-state index is 12.9. The van der Waals surface area contributed by atoms with Gasteiger partial charge in [-0.25, -0.2) is 0 Å². The molecule has 0 fully saturated rings. The lowest BCUT2D eigenvalue weighted by Crippen LogP contribution is -2.48. The average molecular weight is 541 g/mol. The summed E-state index contributed by atoms with van der Waals surface area (Å²) in [5.74, 6) is -1.05. The number of benzene rings is 2. The summed E-state index contributed by atoms with van der Waals surface area (Å²) in [5, 5.41) is 2.65. The van der Waals surface area contributed by atoms with E-state index in [-0.39, 0.29) is 23.6 Å². The van der Waals surface area contributed by atoms with Gasteiger partial charge in [0.05, 0.1) is 22.3 Å². The van der Waals surface area contributed by atoms with Gasteiger partial charge in [0.1, 0.15) is 8.07 Å². The number of hydrogen-bond acceptors (Lipinski definition) is 6. The molecule has 2 aromatic heterocycles. The summed E-state index contributed by atoms with van der Waals surface area (Å²) in [6.07, 6.45) is 0. The second-order valence-corrected chi connectivity index (χ2v) is 16.6. The second kappa shape index (κ2) is 7.22. The van der Waals surface area contributed by atoms with E-state index in [1.54, 1.807) is 34.8 Å². The van der Waals surface area contributed by atoms with E-state index in [1.807, 2.05) is 24.3 Å². The molecule has 37 heavy (non-hydrogen) atoms. The molecule has 2 aromatic carbocycles. The average Bonchev–Trinajstić information content (AvgIpc) is 3.66. The maximum Gasteiger partial charge on any atom is 0.261 e. The van der Waals surface area contributed by atoms with Crippen LogP contribution in [0.1, 0.15) is 41.4 Å². The minimum absolute atomic E-state index is 0.262. The van der Waals surface area contributed by atoms with Gasteiger partial charge in [-0.15, -0.1) is 22.7 Å². The van der Waals surface area contributed by atoms with Gasteiger partial charge in [0, 0.05) is 44.7 Å². The highest BCUT2D eigenvalue weighted by atomic mass is 32.1. The molecule has 4 aromatic rings. The number of amides is 4. The molecule has 9 heteroatoms. The highest BCUT2D eigenvalue weighted by Crippen LogP contribution is 2.46. The van der Waals surface area contributed by atoms with Crippen LogP contribution in [0, 0.1) is 0 Å². The molecule has 5 heterocycles. The van der Waals surface area contributed by atoms with Crippen LogP contribution in [0.4, 0.5) is 0 Å². The minimum Gasteiger partial charge on any atom is -0.277 e. The normalized spacial score (nSPS) is 17.0. The molecule has 0 atom stereocenters. The first-order valence-electron chi connectivity index (χ1n) is 11.8. The fourth-order valence-electron chi connectivity index (χ4n) is 5.67. The van der Waals surface area contributed by atoms with Crippen molar-refractivity contribution in [1.82, 2.24) is 9.80 Å². The molecule has 4 amide bonds. The molecule has 3 aliphatic heterocycles. The Balaban J connectivity index is 1.38. The molecule has 182 valence electrons. The molecule has 0 radical (unpaired) electrons. The van der Waals surface area contributed by atoms with Crippen LogP contribution in [-0.4, -0.2) is 55.6 Å². The van der Waals surface area contributed by atoms with Gasteiger partial charge in [-0.1, -0.05) is 37.4 Å². The fraction of sp³-hybridized carbons (Fsp3) is 0.143. The number of fused-ring (bicyclic) bond motifs is 5. The highest BCUT2D eigenvalue weighted by molar-refractivity contribution is 7.31. The van der Waals surface area contributed by atoms with Crippen LogP contribution in [-0.2, 0) is 0 Å². The number of carbonyl (C=O) groups excluding carboxylic acids is 4. The van der Waals surface area contributed by atoms with E-state index in [0.717, 1.165) is 20.9 Å². The molecule has 0 spiro atoms. The van der Waals surface area contributed by atoms with E-state index in [9.17, 15) is 19.2 Å². The van der Waals surface area contributed by atoms with Crippen molar-refractivity contribution in [3.8, 4) is 30.6 Å². The molecule has 6 nitrogen and oxygen atoms in total. The minimum atomic E-state index is -2.05. The van der Waals surface area contributed by atoms with E-state index in [4.69, 9.17) is 0 Å². The van der Waals surface area contributed by atoms with Gasteiger partial charge in [-0.3, -0.25) is 29.0 Å². The first-order chi connectivity index (χ1) is 17.6. The number of imide groups is 2. The SMILES string of the molecule is CN1C(=O)c2cccc(-c3cc4c(s3)-c3sc(-c5cccc6c5C(=O)N(C)C6=O)cc3[Si]4(C)C)c2C1=O. The van der Waals surface area contributed by atoms with Crippen molar-refractivity contribution in [3.05, 3.63) is 70.8 Å². The largest absolute Gasteiger partial charge is 0.277 e. The first kappa shape index (κ1) is 22.5. The number of nitrogens with zero attached hydrogens (tertiary/aromatic N) is 2. The summed E-state index contributed by atoms with van der Waals surface area (Å²) in [6.45, 7) is 4.64. The molecule has 0 aliphatic carbocycles. The molecule has 0 N–H and O–H groups in total. The summed E-state index contributed by atoms with van der Waals surface area (Å²) in [4.78, 5) is 57.6. The molecule has 0 bridgehead atoms. The molecule has 0 unspecified atom stereocenters. The van der Waals surface area contributed by atoms with Crippen LogP contribution >= 0.6 is 22.7 Å². The zero-order chi connectivity index (χ0) is 26.0. The van der Waals surface area contributed by atoms with Gasteiger partial charge in [0.25, 0.3) is 23.6 Å². The van der Waals surface area contributed by atoms with E-state index >= 15 is 0 Å². The van der Waals surface area contributed by atoms with Gasteiger partial charge < -0.3 is 0 Å². The number of rotatable bonds is 2. The summed E-state index contributed by atoms with van der Waals surface area (Å²) < 4.78 is 0. The number of carbonyl (C=O) groups is 4. The van der Waals surface area contributed by atoms with Crippen molar-refractivity contribution in [2.45, 2.75) is 13.1 Å². The Morgan fingerprint density at radius 3 is 1.38 bits per heavy atom. The van der Waals surface area contributed by atoms with E-state index < -0.39 is 8.07 Å². The topological polar surface area (TPSA) is 74.8 Å². The van der Waals surface area contributed by atoms with Crippen molar-refractivity contribution in [1.29, 1.82) is 0 Å². The van der Waals surface area contributed by atoms with Crippen LogP contribution in [0.25, 0.3) is 30.6 Å². The molecule has 0 saturated heterocycles. The third-order valence-corrected chi connectivity index (χ3v) is 14.1. The van der Waals surface area contributed by atoms with E-state index in [1.165, 1.54) is 44.0 Å². The molecule has 7 rings (SSSR count). The van der Waals surface area contributed by atoms with Gasteiger partial charge in [0.2, 0.25) is 0 Å². The molecular formula is C28H20N2O4S2Si. The van der Waals surface area contributed by atoms with Gasteiger partial charge in [-0.05, 0) is 34.6 Å². The fourth-order valence-corrected chi connectivity index (χ4v) is 12.9. The standard InChI is InChI=1S/C28H20N2O4S2Si/c1-29-25(31)15-9-5-7-13(21(15)27(29)33)17-11-19-23(35-17)24-20(37(19,3)4)12-18(36-24)14-8-6-10-16-22(14)28(34)30(2)26(16)32/h5-12H,1-4H3. The number of hydrogen-bond donors (Lipinski definition) is 0. The summed E-state index contributed by atoms with van der Waals surface area (Å²) >= 11 is 3.32. The van der Waals surface area contributed by atoms with E-state index in [0.29, 0.717) is 22.3 Å². The third kappa shape index (κ3) is 2.73. The lowest BCUT2D eigenvalue weighted by Gasteiger charge is -2.16. The van der Waals surface area contributed by atoms with Gasteiger partial charge >= 0.3 is 0 Å². The Bertz CT molecular complexity index is 1650. The lowest BCUT2D eigenvalue weighted by atomic mass is 10.0. The Labute approximate surface area is 221 Å². The van der Waals surface area contributed by atoms with Gasteiger partial charge in [0.15, 0.2) is 0 Å². The van der Waals surface area contributed by atoms with Crippen LogP contribution in [0.5, 0.6) is 0 Å². The summed E-state index contributed by atoms with van der Waals surface area (Å²) in [5.41, 5.74) is 3.47. The van der Waals surface area contributed by atoms with Crippen molar-refractivity contribution in [3.63, 3.8) is 0 Å². The summed E-state index contributed by atoms with van der Waals surface area (Å²) in [7, 11) is 0.997. The van der Waals surface area contributed by atoms with Gasteiger partial charge in [-0.2, -0.15) is 0 Å². The number of thiophene rings is 2. The Morgan fingerprint density at radius 1 is 0.595 bits per heavy atom. The van der Waals surface area contributed by atoms with Crippen molar-refractivity contribution >= 4 is 64.7 Å². The highest BCUT2D eigenvalue weighted by Gasteiger charge is 2.43. The van der Waals surface area contributed by atoms with E-state index in [2.05, 4.69) is 25.2 Å². The lowest BCUT2D eigenvalue weighted by molar-refractivity contribution is 0.0678. The smallest absolute Gasteiger partial charge is 0.261 e. The second-order valence-electron chi connectivity index (χ2n) is 10.1. The predicted molar refractivity (Wildman–Crippen MR) is 148 cm³/mol. The maximum absolute atomic E-state index is 12.9.